The van der Waals surface area contributed by atoms with E-state index in [1.807, 2.05) is 13.8 Å². The van der Waals surface area contributed by atoms with Gasteiger partial charge in [0, 0.05) is 11.7 Å². The first kappa shape index (κ1) is 10.5. The maximum atomic E-state index is 12.7. The Labute approximate surface area is 82.1 Å². The van der Waals surface area contributed by atoms with Gasteiger partial charge in [-0.2, -0.15) is 0 Å². The summed E-state index contributed by atoms with van der Waals surface area (Å²) in [6.07, 6.45) is 0. The van der Waals surface area contributed by atoms with Gasteiger partial charge in [0.25, 0.3) is 5.91 Å². The average molecular weight is 196 g/mol. The number of nitrogens with two attached hydrogens (primary N) is 1. The zero-order valence-electron chi connectivity index (χ0n) is 8.17. The van der Waals surface area contributed by atoms with E-state index in [-0.39, 0.29) is 17.6 Å². The van der Waals surface area contributed by atoms with Crippen molar-refractivity contribution >= 4 is 11.6 Å². The molecule has 14 heavy (non-hydrogen) atoms. The molecule has 0 radical (unpaired) electrons. The lowest BCUT2D eigenvalue weighted by Gasteiger charge is -2.09. The van der Waals surface area contributed by atoms with Crippen molar-refractivity contribution in [2.45, 2.75) is 19.9 Å². The van der Waals surface area contributed by atoms with Crippen molar-refractivity contribution in [3.05, 3.63) is 29.6 Å². The van der Waals surface area contributed by atoms with Crippen LogP contribution in [0.25, 0.3) is 0 Å². The molecule has 0 aromatic heterocycles. The minimum atomic E-state index is -0.441. The second kappa shape index (κ2) is 4.09. The van der Waals surface area contributed by atoms with E-state index in [0.717, 1.165) is 6.07 Å². The second-order valence-corrected chi connectivity index (χ2v) is 3.36. The van der Waals surface area contributed by atoms with E-state index in [1.165, 1.54) is 12.1 Å². The van der Waals surface area contributed by atoms with Gasteiger partial charge in [0.2, 0.25) is 0 Å². The van der Waals surface area contributed by atoms with Gasteiger partial charge in [-0.1, -0.05) is 0 Å². The molecule has 0 fully saturated rings. The van der Waals surface area contributed by atoms with Gasteiger partial charge < -0.3 is 11.1 Å². The fourth-order valence-corrected chi connectivity index (χ4v) is 1.08. The predicted octanol–water partition coefficient (Wildman–Crippen LogP) is 1.55. The molecule has 0 saturated carbocycles. The average Bonchev–Trinajstić information content (AvgIpc) is 2.01. The third-order valence-corrected chi connectivity index (χ3v) is 1.68. The van der Waals surface area contributed by atoms with E-state index >= 15 is 0 Å². The number of hydrogen-bond acceptors (Lipinski definition) is 2. The van der Waals surface area contributed by atoms with E-state index in [1.54, 1.807) is 0 Å². The van der Waals surface area contributed by atoms with E-state index in [4.69, 9.17) is 5.73 Å². The van der Waals surface area contributed by atoms with Gasteiger partial charge in [-0.25, -0.2) is 4.39 Å². The number of anilines is 1. The van der Waals surface area contributed by atoms with Gasteiger partial charge in [-0.15, -0.1) is 0 Å². The first-order chi connectivity index (χ1) is 6.50. The predicted molar refractivity (Wildman–Crippen MR) is 53.4 cm³/mol. The van der Waals surface area contributed by atoms with E-state index in [2.05, 4.69) is 5.32 Å². The molecule has 1 amide bonds. The summed E-state index contributed by atoms with van der Waals surface area (Å²) in [5.41, 5.74) is 5.96. The molecule has 1 rings (SSSR count). The van der Waals surface area contributed by atoms with Crippen LogP contribution < -0.4 is 11.1 Å². The van der Waals surface area contributed by atoms with Crippen LogP contribution in [-0.4, -0.2) is 11.9 Å². The van der Waals surface area contributed by atoms with Crippen molar-refractivity contribution in [1.29, 1.82) is 0 Å². The number of amides is 1. The minimum absolute atomic E-state index is 0.0342. The molecule has 0 aliphatic rings. The smallest absolute Gasteiger partial charge is 0.253 e. The summed E-state index contributed by atoms with van der Waals surface area (Å²) in [4.78, 5) is 11.5. The van der Waals surface area contributed by atoms with E-state index in [0.29, 0.717) is 5.56 Å². The number of carbonyl (C=O) groups is 1. The molecule has 0 bridgehead atoms. The number of rotatable bonds is 2. The van der Waals surface area contributed by atoms with Gasteiger partial charge in [0.1, 0.15) is 5.82 Å². The Hall–Kier alpha value is -1.58. The van der Waals surface area contributed by atoms with Crippen LogP contribution in [0, 0.1) is 5.82 Å². The Kier molecular flexibility index (Phi) is 3.06. The summed E-state index contributed by atoms with van der Waals surface area (Å²) in [7, 11) is 0. The summed E-state index contributed by atoms with van der Waals surface area (Å²) in [6.45, 7) is 3.69. The summed E-state index contributed by atoms with van der Waals surface area (Å²) >= 11 is 0. The number of nitrogen functional groups attached to an aromatic ring is 1. The van der Waals surface area contributed by atoms with Crippen molar-refractivity contribution in [3.63, 3.8) is 0 Å². The Bertz CT molecular complexity index is 350. The van der Waals surface area contributed by atoms with Crippen molar-refractivity contribution < 1.29 is 9.18 Å². The highest BCUT2D eigenvalue weighted by Gasteiger charge is 2.10. The molecule has 0 atom stereocenters. The van der Waals surface area contributed by atoms with Gasteiger partial charge in [-0.05, 0) is 32.0 Å². The van der Waals surface area contributed by atoms with Gasteiger partial charge >= 0.3 is 0 Å². The molecule has 0 heterocycles. The maximum Gasteiger partial charge on any atom is 0.253 e. The number of carbonyl (C=O) groups excluding carboxylic acids is 1. The van der Waals surface area contributed by atoms with Crippen LogP contribution >= 0.6 is 0 Å². The quantitative estimate of drug-likeness (QED) is 0.705. The molecule has 0 aliphatic carbocycles. The van der Waals surface area contributed by atoms with Crippen molar-refractivity contribution in [3.8, 4) is 0 Å². The standard InChI is InChI=1S/C10H13FN2O/c1-6(2)13-10(14)8-4-3-7(11)5-9(8)12/h3-6H,12H2,1-2H3,(H,13,14). The van der Waals surface area contributed by atoms with Crippen molar-refractivity contribution in [1.82, 2.24) is 5.32 Å². The van der Waals surface area contributed by atoms with E-state index < -0.39 is 5.82 Å². The second-order valence-electron chi connectivity index (χ2n) is 3.36. The highest BCUT2D eigenvalue weighted by Crippen LogP contribution is 2.13. The van der Waals surface area contributed by atoms with Gasteiger partial charge in [0.15, 0.2) is 0 Å². The molecule has 0 spiro atoms. The highest BCUT2D eigenvalue weighted by molar-refractivity contribution is 5.99. The molecule has 1 aromatic rings. The third kappa shape index (κ3) is 2.45. The SMILES string of the molecule is CC(C)NC(=O)c1ccc(F)cc1N. The molecule has 0 unspecified atom stereocenters. The summed E-state index contributed by atoms with van der Waals surface area (Å²) in [5.74, 6) is -0.721. The molecular formula is C10H13FN2O. The molecule has 0 aliphatic heterocycles. The molecular weight excluding hydrogens is 183 g/mol. The lowest BCUT2D eigenvalue weighted by molar-refractivity contribution is 0.0944. The summed E-state index contributed by atoms with van der Waals surface area (Å²) in [6, 6.07) is 3.76. The molecule has 1 aromatic carbocycles. The van der Waals surface area contributed by atoms with Crippen molar-refractivity contribution in [2.75, 3.05) is 5.73 Å². The lowest BCUT2D eigenvalue weighted by Crippen LogP contribution is -2.30. The molecule has 4 heteroatoms. The number of hydrogen-bond donors (Lipinski definition) is 2. The number of benzene rings is 1. The molecule has 3 N–H and O–H groups in total. The van der Waals surface area contributed by atoms with Crippen molar-refractivity contribution in [2.24, 2.45) is 0 Å². The van der Waals surface area contributed by atoms with Crippen LogP contribution in [0.15, 0.2) is 18.2 Å². The van der Waals surface area contributed by atoms with Crippen LogP contribution in [0.5, 0.6) is 0 Å². The van der Waals surface area contributed by atoms with Crippen LogP contribution in [0.1, 0.15) is 24.2 Å². The topological polar surface area (TPSA) is 55.1 Å². The summed E-state index contributed by atoms with van der Waals surface area (Å²) in [5, 5.41) is 2.68. The summed E-state index contributed by atoms with van der Waals surface area (Å²) < 4.78 is 12.7. The molecule has 76 valence electrons. The normalized spacial score (nSPS) is 10.3. The lowest BCUT2D eigenvalue weighted by atomic mass is 10.1. The van der Waals surface area contributed by atoms with Crippen LogP contribution in [0.3, 0.4) is 0 Å². The van der Waals surface area contributed by atoms with Crippen LogP contribution in [-0.2, 0) is 0 Å². The first-order valence-corrected chi connectivity index (χ1v) is 4.36. The monoisotopic (exact) mass is 196 g/mol. The number of halogens is 1. The van der Waals surface area contributed by atoms with Crippen LogP contribution in [0.2, 0.25) is 0 Å². The highest BCUT2D eigenvalue weighted by atomic mass is 19.1. The van der Waals surface area contributed by atoms with E-state index in [9.17, 15) is 9.18 Å². The van der Waals surface area contributed by atoms with Gasteiger partial charge in [-0.3, -0.25) is 4.79 Å². The maximum absolute atomic E-state index is 12.7. The zero-order valence-corrected chi connectivity index (χ0v) is 8.17. The fraction of sp³-hybridized carbons (Fsp3) is 0.300. The largest absolute Gasteiger partial charge is 0.398 e. The minimum Gasteiger partial charge on any atom is -0.398 e. The fourth-order valence-electron chi connectivity index (χ4n) is 1.08. The number of nitrogens with one attached hydrogen (secondary N) is 1. The third-order valence-electron chi connectivity index (χ3n) is 1.68. The van der Waals surface area contributed by atoms with Gasteiger partial charge in [0.05, 0.1) is 5.56 Å². The Morgan fingerprint density at radius 3 is 2.64 bits per heavy atom. The molecule has 3 nitrogen and oxygen atoms in total. The Morgan fingerprint density at radius 1 is 1.50 bits per heavy atom. The zero-order chi connectivity index (χ0) is 10.7. The Balaban J connectivity index is 2.90. The van der Waals surface area contributed by atoms with Crippen LogP contribution in [0.4, 0.5) is 10.1 Å². The molecule has 0 saturated heterocycles. The first-order valence-electron chi connectivity index (χ1n) is 4.36. The Morgan fingerprint density at radius 2 is 2.14 bits per heavy atom.